The molecular weight excluding hydrogens is 460 g/mol. The van der Waals surface area contributed by atoms with Crippen LogP contribution in [-0.2, 0) is 6.54 Å². The van der Waals surface area contributed by atoms with Gasteiger partial charge in [-0.05, 0) is 62.9 Å². The van der Waals surface area contributed by atoms with E-state index >= 15 is 0 Å². The van der Waals surface area contributed by atoms with E-state index in [9.17, 15) is 22.4 Å². The fourth-order valence-corrected chi connectivity index (χ4v) is 5.03. The zero-order valence-corrected chi connectivity index (χ0v) is 20.0. The smallest absolute Gasteiger partial charge is 0.317 e. The minimum absolute atomic E-state index is 0.142. The van der Waals surface area contributed by atoms with E-state index in [0.717, 1.165) is 56.6 Å². The molecule has 2 aromatic carbocycles. The van der Waals surface area contributed by atoms with E-state index in [1.165, 1.54) is 6.07 Å². The van der Waals surface area contributed by atoms with Crippen molar-refractivity contribution in [3.8, 4) is 0 Å². The van der Waals surface area contributed by atoms with Crippen molar-refractivity contribution in [1.29, 1.82) is 0 Å². The van der Waals surface area contributed by atoms with Crippen molar-refractivity contribution >= 4 is 11.7 Å². The van der Waals surface area contributed by atoms with E-state index in [2.05, 4.69) is 10.2 Å². The quantitative estimate of drug-likeness (QED) is 0.467. The van der Waals surface area contributed by atoms with Crippen LogP contribution in [0.3, 0.4) is 0 Å². The number of piperazine rings is 1. The molecule has 0 saturated carbocycles. The number of benzene rings is 2. The molecular formula is C26H32F4N4O. The number of urea groups is 1. The molecule has 0 unspecified atom stereocenters. The number of amides is 2. The van der Waals surface area contributed by atoms with Crippen molar-refractivity contribution in [2.75, 3.05) is 44.2 Å². The van der Waals surface area contributed by atoms with Crippen LogP contribution in [0.15, 0.2) is 36.4 Å². The van der Waals surface area contributed by atoms with Crippen LogP contribution in [0.2, 0.25) is 0 Å². The number of nitrogens with one attached hydrogen (secondary N) is 1. The maximum absolute atomic E-state index is 13.6. The first-order valence-corrected chi connectivity index (χ1v) is 12.2. The van der Waals surface area contributed by atoms with Gasteiger partial charge in [-0.2, -0.15) is 0 Å². The fourth-order valence-electron chi connectivity index (χ4n) is 5.03. The molecule has 190 valence electrons. The lowest BCUT2D eigenvalue weighted by Crippen LogP contribution is -2.56. The number of carbonyl (C=O) groups excluding carboxylic acids is 1. The Hall–Kier alpha value is -2.81. The molecule has 9 heteroatoms. The topological polar surface area (TPSA) is 38.8 Å². The van der Waals surface area contributed by atoms with Gasteiger partial charge in [0.05, 0.1) is 0 Å². The number of halogens is 4. The van der Waals surface area contributed by atoms with Crippen molar-refractivity contribution < 1.29 is 22.4 Å². The van der Waals surface area contributed by atoms with Crippen LogP contribution in [-0.4, -0.2) is 61.1 Å². The van der Waals surface area contributed by atoms with Crippen molar-refractivity contribution in [3.63, 3.8) is 0 Å². The summed E-state index contributed by atoms with van der Waals surface area (Å²) in [4.78, 5) is 18.5. The lowest BCUT2D eigenvalue weighted by Gasteiger charge is -2.41. The van der Waals surface area contributed by atoms with Crippen LogP contribution >= 0.6 is 0 Å². The molecule has 0 spiro atoms. The van der Waals surface area contributed by atoms with Gasteiger partial charge in [-0.1, -0.05) is 12.1 Å². The normalized spacial score (nSPS) is 19.7. The number of likely N-dealkylation sites (tertiary alicyclic amines) is 1. The van der Waals surface area contributed by atoms with Crippen LogP contribution in [0.4, 0.5) is 28.0 Å². The highest BCUT2D eigenvalue weighted by atomic mass is 19.2. The highest BCUT2D eigenvalue weighted by molar-refractivity contribution is 5.75. The van der Waals surface area contributed by atoms with Crippen LogP contribution in [0.25, 0.3) is 0 Å². The van der Waals surface area contributed by atoms with Crippen LogP contribution in [0, 0.1) is 29.2 Å². The monoisotopic (exact) mass is 492 g/mol. The second-order valence-electron chi connectivity index (χ2n) is 9.58. The Bertz CT molecular complexity index is 1010. The van der Waals surface area contributed by atoms with Crippen molar-refractivity contribution in [2.24, 2.45) is 5.92 Å². The van der Waals surface area contributed by atoms with Crippen molar-refractivity contribution in [2.45, 2.75) is 38.8 Å². The molecule has 1 N–H and O–H groups in total. The Balaban J connectivity index is 1.17. The standard InChI is InChI=1S/C26H32F4N4O/c1-18-16-33(22-14-23(28)25(30)24(29)15-22)11-12-34(18)26(35)31-8-5-19-6-9-32(10-7-19)17-20-3-2-4-21(27)13-20/h2-4,13-15,18-19H,5-12,16-17H2,1H3,(H,31,35)/t18-/m1/s1. The Morgan fingerprint density at radius 2 is 1.71 bits per heavy atom. The first kappa shape index (κ1) is 25.3. The third kappa shape index (κ3) is 6.45. The summed E-state index contributed by atoms with van der Waals surface area (Å²) in [6.07, 6.45) is 3.00. The molecule has 0 radical (unpaired) electrons. The van der Waals surface area contributed by atoms with Crippen molar-refractivity contribution in [3.05, 3.63) is 65.2 Å². The molecule has 1 atom stereocenters. The molecule has 0 bridgehead atoms. The SMILES string of the molecule is C[C@@H]1CN(c2cc(F)c(F)c(F)c2)CCN1C(=O)NCCC1CCN(Cc2cccc(F)c2)CC1. The largest absolute Gasteiger partial charge is 0.368 e. The van der Waals surface area contributed by atoms with Crippen LogP contribution in [0.1, 0.15) is 31.7 Å². The number of anilines is 1. The van der Waals surface area contributed by atoms with Crippen LogP contribution in [0.5, 0.6) is 0 Å². The average Bonchev–Trinajstić information content (AvgIpc) is 2.83. The Morgan fingerprint density at radius 1 is 1.00 bits per heavy atom. The summed E-state index contributed by atoms with van der Waals surface area (Å²) in [6, 6.07) is 8.40. The molecule has 2 amide bonds. The lowest BCUT2D eigenvalue weighted by molar-refractivity contribution is 0.162. The van der Waals surface area contributed by atoms with Gasteiger partial charge in [0.15, 0.2) is 17.5 Å². The van der Waals surface area contributed by atoms with Gasteiger partial charge >= 0.3 is 6.03 Å². The summed E-state index contributed by atoms with van der Waals surface area (Å²) in [5, 5.41) is 3.01. The van der Waals surface area contributed by atoms with Gasteiger partial charge in [-0.3, -0.25) is 4.90 Å². The van der Waals surface area contributed by atoms with E-state index in [-0.39, 0.29) is 23.6 Å². The highest BCUT2D eigenvalue weighted by Crippen LogP contribution is 2.24. The average molecular weight is 493 g/mol. The van der Waals surface area contributed by atoms with Crippen LogP contribution < -0.4 is 10.2 Å². The zero-order chi connectivity index (χ0) is 24.9. The summed E-state index contributed by atoms with van der Waals surface area (Å²) < 4.78 is 53.8. The van der Waals surface area contributed by atoms with Gasteiger partial charge in [0.1, 0.15) is 5.82 Å². The molecule has 4 rings (SSSR count). The maximum atomic E-state index is 13.6. The summed E-state index contributed by atoms with van der Waals surface area (Å²) in [6.45, 7) is 6.37. The molecule has 0 aromatic heterocycles. The number of rotatable bonds is 6. The maximum Gasteiger partial charge on any atom is 0.317 e. The zero-order valence-electron chi connectivity index (χ0n) is 20.0. The third-order valence-electron chi connectivity index (χ3n) is 7.05. The molecule has 2 aliphatic rings. The van der Waals surface area contributed by atoms with Gasteiger partial charge in [0, 0.05) is 56.6 Å². The third-order valence-corrected chi connectivity index (χ3v) is 7.05. The number of piperidine rings is 1. The van der Waals surface area contributed by atoms with E-state index < -0.39 is 17.5 Å². The predicted octanol–water partition coefficient (Wildman–Crippen LogP) is 4.77. The minimum atomic E-state index is -1.47. The fraction of sp³-hybridized carbons (Fsp3) is 0.500. The van der Waals surface area contributed by atoms with Crippen molar-refractivity contribution in [1.82, 2.24) is 15.1 Å². The summed E-state index contributed by atoms with van der Waals surface area (Å²) in [7, 11) is 0. The minimum Gasteiger partial charge on any atom is -0.368 e. The van der Waals surface area contributed by atoms with E-state index in [1.807, 2.05) is 13.0 Å². The Kier molecular flexibility index (Phi) is 8.15. The molecule has 2 aromatic rings. The number of carbonyl (C=O) groups is 1. The highest BCUT2D eigenvalue weighted by Gasteiger charge is 2.28. The van der Waals surface area contributed by atoms with E-state index in [1.54, 1.807) is 21.9 Å². The number of hydrogen-bond donors (Lipinski definition) is 1. The second-order valence-corrected chi connectivity index (χ2v) is 9.58. The molecule has 5 nitrogen and oxygen atoms in total. The summed E-state index contributed by atoms with van der Waals surface area (Å²) >= 11 is 0. The molecule has 2 saturated heterocycles. The Morgan fingerprint density at radius 3 is 2.37 bits per heavy atom. The lowest BCUT2D eigenvalue weighted by atomic mass is 9.93. The van der Waals surface area contributed by atoms with Gasteiger partial charge in [0.2, 0.25) is 0 Å². The second kappa shape index (κ2) is 11.3. The number of nitrogens with zero attached hydrogens (tertiary/aromatic N) is 3. The van der Waals surface area contributed by atoms with E-state index in [0.29, 0.717) is 32.1 Å². The number of hydrogen-bond acceptors (Lipinski definition) is 3. The van der Waals surface area contributed by atoms with Gasteiger partial charge in [-0.25, -0.2) is 22.4 Å². The molecule has 35 heavy (non-hydrogen) atoms. The van der Waals surface area contributed by atoms with Gasteiger partial charge in [-0.15, -0.1) is 0 Å². The predicted molar refractivity (Wildman–Crippen MR) is 127 cm³/mol. The molecule has 2 fully saturated rings. The first-order chi connectivity index (χ1) is 16.8. The first-order valence-electron chi connectivity index (χ1n) is 12.2. The molecule has 0 aliphatic carbocycles. The molecule has 2 aliphatic heterocycles. The summed E-state index contributed by atoms with van der Waals surface area (Å²) in [5.74, 6) is -3.57. The van der Waals surface area contributed by atoms with E-state index in [4.69, 9.17) is 0 Å². The van der Waals surface area contributed by atoms with Gasteiger partial charge < -0.3 is 15.1 Å². The van der Waals surface area contributed by atoms with Gasteiger partial charge in [0.25, 0.3) is 0 Å². The molecule has 2 heterocycles. The summed E-state index contributed by atoms with van der Waals surface area (Å²) in [5.41, 5.74) is 1.26. The Labute approximate surface area is 203 Å².